The van der Waals surface area contributed by atoms with Crippen molar-refractivity contribution < 1.29 is 4.74 Å². The van der Waals surface area contributed by atoms with Crippen molar-refractivity contribution in [2.75, 3.05) is 0 Å². The molecule has 0 aliphatic carbocycles. The number of benzene rings is 3. The molecule has 0 N–H and O–H groups in total. The zero-order valence-corrected chi connectivity index (χ0v) is 13.3. The highest BCUT2D eigenvalue weighted by Gasteiger charge is 2.01. The van der Waals surface area contributed by atoms with Gasteiger partial charge < -0.3 is 9.30 Å². The third-order valence-electron chi connectivity index (χ3n) is 4.04. The Kier molecular flexibility index (Phi) is 3.98. The minimum Gasteiger partial charge on any atom is -0.489 e. The lowest BCUT2D eigenvalue weighted by atomic mass is 10.1. The SMILES string of the molecule is c1cc(Cn2ccnc2)cc(OCc2ccc3ccccc3c2)c1. The molecule has 0 atom stereocenters. The second-order valence-corrected chi connectivity index (χ2v) is 5.85. The fourth-order valence-corrected chi connectivity index (χ4v) is 2.82. The molecule has 0 amide bonds. The van der Waals surface area contributed by atoms with Gasteiger partial charge in [0.15, 0.2) is 0 Å². The van der Waals surface area contributed by atoms with Gasteiger partial charge in [0.2, 0.25) is 0 Å². The maximum atomic E-state index is 5.98. The third-order valence-corrected chi connectivity index (χ3v) is 4.04. The van der Waals surface area contributed by atoms with Crippen molar-refractivity contribution in [2.24, 2.45) is 0 Å². The van der Waals surface area contributed by atoms with E-state index in [1.807, 2.05) is 29.2 Å². The lowest BCUT2D eigenvalue weighted by molar-refractivity contribution is 0.306. The highest BCUT2D eigenvalue weighted by molar-refractivity contribution is 5.82. The lowest BCUT2D eigenvalue weighted by Crippen LogP contribution is -1.99. The van der Waals surface area contributed by atoms with Crippen molar-refractivity contribution in [2.45, 2.75) is 13.2 Å². The number of ether oxygens (including phenoxy) is 1. The van der Waals surface area contributed by atoms with Gasteiger partial charge in [0, 0.05) is 18.9 Å². The van der Waals surface area contributed by atoms with Crippen LogP contribution in [0.25, 0.3) is 10.8 Å². The van der Waals surface area contributed by atoms with Crippen LogP contribution in [0.4, 0.5) is 0 Å². The van der Waals surface area contributed by atoms with Crippen molar-refractivity contribution in [3.8, 4) is 5.75 Å². The van der Waals surface area contributed by atoms with Crippen LogP contribution < -0.4 is 4.74 Å². The van der Waals surface area contributed by atoms with E-state index in [1.165, 1.54) is 21.9 Å². The van der Waals surface area contributed by atoms with Crippen LogP contribution in [-0.2, 0) is 13.2 Å². The number of fused-ring (bicyclic) bond motifs is 1. The molecular weight excluding hydrogens is 296 g/mol. The van der Waals surface area contributed by atoms with Crippen LogP contribution in [0.3, 0.4) is 0 Å². The van der Waals surface area contributed by atoms with Crippen LogP contribution in [0.15, 0.2) is 85.5 Å². The van der Waals surface area contributed by atoms with Gasteiger partial charge >= 0.3 is 0 Å². The van der Waals surface area contributed by atoms with E-state index in [2.05, 4.69) is 59.6 Å². The number of nitrogens with zero attached hydrogens (tertiary/aromatic N) is 2. The van der Waals surface area contributed by atoms with E-state index >= 15 is 0 Å². The maximum Gasteiger partial charge on any atom is 0.120 e. The molecule has 0 aliphatic rings. The van der Waals surface area contributed by atoms with E-state index in [9.17, 15) is 0 Å². The normalized spacial score (nSPS) is 10.8. The molecule has 0 saturated carbocycles. The molecular formula is C21H18N2O. The molecule has 4 aromatic rings. The maximum absolute atomic E-state index is 5.98. The molecule has 0 bridgehead atoms. The summed E-state index contributed by atoms with van der Waals surface area (Å²) in [5.41, 5.74) is 2.37. The summed E-state index contributed by atoms with van der Waals surface area (Å²) in [5, 5.41) is 2.50. The standard InChI is InChI=1S/C21H18N2O/c1-2-6-20-12-18(8-9-19(20)5-1)15-24-21-7-3-4-17(13-21)14-23-11-10-22-16-23/h1-13,16H,14-15H2. The van der Waals surface area contributed by atoms with Crippen LogP contribution in [-0.4, -0.2) is 9.55 Å². The van der Waals surface area contributed by atoms with E-state index in [-0.39, 0.29) is 0 Å². The Hall–Kier alpha value is -3.07. The average Bonchev–Trinajstić information content (AvgIpc) is 3.13. The number of imidazole rings is 1. The third kappa shape index (κ3) is 3.30. The van der Waals surface area contributed by atoms with Crippen LogP contribution >= 0.6 is 0 Å². The molecule has 3 nitrogen and oxygen atoms in total. The molecule has 3 heteroatoms. The second-order valence-electron chi connectivity index (χ2n) is 5.85. The first-order chi connectivity index (χ1) is 11.9. The largest absolute Gasteiger partial charge is 0.489 e. The van der Waals surface area contributed by atoms with Gasteiger partial charge in [-0.1, -0.05) is 48.5 Å². The minimum absolute atomic E-state index is 0.569. The smallest absolute Gasteiger partial charge is 0.120 e. The Morgan fingerprint density at radius 3 is 2.62 bits per heavy atom. The van der Waals surface area contributed by atoms with E-state index in [0.29, 0.717) is 6.61 Å². The van der Waals surface area contributed by atoms with Crippen LogP contribution in [0, 0.1) is 0 Å². The summed E-state index contributed by atoms with van der Waals surface area (Å²) in [6.07, 6.45) is 5.57. The Balaban J connectivity index is 1.46. The first kappa shape index (κ1) is 14.5. The van der Waals surface area contributed by atoms with Gasteiger partial charge in [-0.3, -0.25) is 0 Å². The van der Waals surface area contributed by atoms with Crippen LogP contribution in [0.5, 0.6) is 5.75 Å². The summed E-state index contributed by atoms with van der Waals surface area (Å²) in [6.45, 7) is 1.37. The Morgan fingerprint density at radius 1 is 0.833 bits per heavy atom. The molecule has 0 radical (unpaired) electrons. The molecule has 0 fully saturated rings. The van der Waals surface area contributed by atoms with Gasteiger partial charge in [0.25, 0.3) is 0 Å². The van der Waals surface area contributed by atoms with Crippen molar-refractivity contribution in [1.29, 1.82) is 0 Å². The molecule has 0 spiro atoms. The van der Waals surface area contributed by atoms with Crippen molar-refractivity contribution in [3.05, 3.63) is 96.6 Å². The van der Waals surface area contributed by atoms with Gasteiger partial charge in [0.1, 0.15) is 12.4 Å². The first-order valence-electron chi connectivity index (χ1n) is 8.02. The Morgan fingerprint density at radius 2 is 1.75 bits per heavy atom. The highest BCUT2D eigenvalue weighted by Crippen LogP contribution is 2.19. The number of aromatic nitrogens is 2. The average molecular weight is 314 g/mol. The van der Waals surface area contributed by atoms with E-state index in [0.717, 1.165) is 12.3 Å². The quantitative estimate of drug-likeness (QED) is 0.535. The monoisotopic (exact) mass is 314 g/mol. The Bertz CT molecular complexity index is 945. The first-order valence-corrected chi connectivity index (χ1v) is 8.02. The molecule has 118 valence electrons. The molecule has 4 rings (SSSR count). The number of hydrogen-bond donors (Lipinski definition) is 0. The molecule has 3 aromatic carbocycles. The summed E-state index contributed by atoms with van der Waals surface area (Å²) in [6, 6.07) is 23.0. The Labute approximate surface area is 141 Å². The molecule has 0 aliphatic heterocycles. The molecule has 1 aromatic heterocycles. The van der Waals surface area contributed by atoms with Gasteiger partial charge in [-0.15, -0.1) is 0 Å². The van der Waals surface area contributed by atoms with E-state index in [1.54, 1.807) is 6.20 Å². The van der Waals surface area contributed by atoms with E-state index < -0.39 is 0 Å². The topological polar surface area (TPSA) is 27.1 Å². The zero-order valence-electron chi connectivity index (χ0n) is 13.3. The number of hydrogen-bond acceptors (Lipinski definition) is 2. The van der Waals surface area contributed by atoms with Gasteiger partial charge in [-0.05, 0) is 40.1 Å². The highest BCUT2D eigenvalue weighted by atomic mass is 16.5. The fraction of sp³-hybridized carbons (Fsp3) is 0.0952. The molecule has 0 unspecified atom stereocenters. The van der Waals surface area contributed by atoms with Gasteiger partial charge in [-0.2, -0.15) is 0 Å². The van der Waals surface area contributed by atoms with Crippen molar-refractivity contribution in [1.82, 2.24) is 9.55 Å². The van der Waals surface area contributed by atoms with E-state index in [4.69, 9.17) is 4.74 Å². The molecule has 0 saturated heterocycles. The lowest BCUT2D eigenvalue weighted by Gasteiger charge is -2.09. The molecule has 24 heavy (non-hydrogen) atoms. The minimum atomic E-state index is 0.569. The predicted octanol–water partition coefficient (Wildman–Crippen LogP) is 4.66. The fourth-order valence-electron chi connectivity index (χ4n) is 2.82. The zero-order chi connectivity index (χ0) is 16.2. The summed E-state index contributed by atoms with van der Waals surface area (Å²) >= 11 is 0. The summed E-state index contributed by atoms with van der Waals surface area (Å²) in [5.74, 6) is 0.890. The van der Waals surface area contributed by atoms with Gasteiger partial charge in [-0.25, -0.2) is 4.98 Å². The van der Waals surface area contributed by atoms with Crippen molar-refractivity contribution in [3.63, 3.8) is 0 Å². The second kappa shape index (κ2) is 6.59. The summed E-state index contributed by atoms with van der Waals surface area (Å²) < 4.78 is 8.02. The molecule has 1 heterocycles. The summed E-state index contributed by atoms with van der Waals surface area (Å²) in [7, 11) is 0. The summed E-state index contributed by atoms with van der Waals surface area (Å²) in [4.78, 5) is 4.07. The van der Waals surface area contributed by atoms with Crippen LogP contribution in [0.2, 0.25) is 0 Å². The van der Waals surface area contributed by atoms with Crippen molar-refractivity contribution >= 4 is 10.8 Å². The van der Waals surface area contributed by atoms with Crippen LogP contribution in [0.1, 0.15) is 11.1 Å². The number of rotatable bonds is 5. The predicted molar refractivity (Wildman–Crippen MR) is 96.1 cm³/mol. The van der Waals surface area contributed by atoms with Gasteiger partial charge in [0.05, 0.1) is 6.33 Å².